The zero-order chi connectivity index (χ0) is 12.8. The molecule has 2 aromatic carbocycles. The molecule has 0 N–H and O–H groups in total. The van der Waals surface area contributed by atoms with E-state index >= 15 is 0 Å². The summed E-state index contributed by atoms with van der Waals surface area (Å²) in [6.07, 6.45) is 3.45. The molecular formula is C17H17NO. The van der Waals surface area contributed by atoms with Crippen molar-refractivity contribution in [1.29, 1.82) is 0 Å². The third-order valence-corrected chi connectivity index (χ3v) is 4.55. The van der Waals surface area contributed by atoms with Crippen molar-refractivity contribution >= 4 is 16.6 Å². The first-order valence-electron chi connectivity index (χ1n) is 7.13. The number of fused-ring (bicyclic) bond motifs is 4. The number of benzene rings is 2. The largest absolute Gasteiger partial charge is 0.292 e. The summed E-state index contributed by atoms with van der Waals surface area (Å²) in [6, 6.07) is 12.7. The maximum atomic E-state index is 12.8. The van der Waals surface area contributed by atoms with Crippen LogP contribution >= 0.6 is 0 Å². The van der Waals surface area contributed by atoms with Gasteiger partial charge in [0.2, 0.25) is 0 Å². The Kier molecular flexibility index (Phi) is 2.46. The lowest BCUT2D eigenvalue weighted by Gasteiger charge is -2.39. The second-order valence-corrected chi connectivity index (χ2v) is 5.67. The number of carbonyl (C=O) groups is 1. The number of rotatable bonds is 0. The standard InChI is InChI=1S/C17H17NO/c19-17-15-7-3-4-10-18(15)11-13-9-8-12-5-1-2-6-14(12)16(13)17/h1-2,5-6,8-9,15H,3-4,7,10-11H2/t15-/m1/s1. The molecule has 0 aliphatic carbocycles. The molecule has 19 heavy (non-hydrogen) atoms. The molecular weight excluding hydrogens is 234 g/mol. The number of nitrogens with zero attached hydrogens (tertiary/aromatic N) is 1. The number of carbonyl (C=O) groups excluding carboxylic acids is 1. The fourth-order valence-corrected chi connectivity index (χ4v) is 3.60. The number of hydrogen-bond donors (Lipinski definition) is 0. The van der Waals surface area contributed by atoms with Gasteiger partial charge in [0.1, 0.15) is 0 Å². The Labute approximate surface area is 113 Å². The Balaban J connectivity index is 1.93. The minimum Gasteiger partial charge on any atom is -0.292 e. The monoisotopic (exact) mass is 251 g/mol. The Morgan fingerprint density at radius 3 is 2.89 bits per heavy atom. The highest BCUT2D eigenvalue weighted by Gasteiger charge is 2.35. The molecule has 0 spiro atoms. The lowest BCUT2D eigenvalue weighted by molar-refractivity contribution is 0.0688. The maximum Gasteiger partial charge on any atom is 0.180 e. The molecule has 2 heterocycles. The minimum absolute atomic E-state index is 0.132. The van der Waals surface area contributed by atoms with Crippen LogP contribution in [0.25, 0.3) is 10.8 Å². The van der Waals surface area contributed by atoms with E-state index in [1.165, 1.54) is 23.8 Å². The number of piperidine rings is 1. The van der Waals surface area contributed by atoms with Gasteiger partial charge in [0.05, 0.1) is 6.04 Å². The second-order valence-electron chi connectivity index (χ2n) is 5.67. The molecule has 0 bridgehead atoms. The van der Waals surface area contributed by atoms with Gasteiger partial charge in [0.15, 0.2) is 5.78 Å². The van der Waals surface area contributed by atoms with Gasteiger partial charge < -0.3 is 0 Å². The van der Waals surface area contributed by atoms with E-state index in [0.717, 1.165) is 30.5 Å². The van der Waals surface area contributed by atoms with Crippen LogP contribution in [0.5, 0.6) is 0 Å². The van der Waals surface area contributed by atoms with Crippen molar-refractivity contribution in [3.8, 4) is 0 Å². The normalized spacial score (nSPS) is 23.2. The van der Waals surface area contributed by atoms with E-state index in [9.17, 15) is 4.79 Å². The molecule has 2 aliphatic rings. The summed E-state index contributed by atoms with van der Waals surface area (Å²) in [4.78, 5) is 15.2. The van der Waals surface area contributed by atoms with Crippen molar-refractivity contribution in [2.75, 3.05) is 6.54 Å². The molecule has 2 nitrogen and oxygen atoms in total. The number of hydrogen-bond acceptors (Lipinski definition) is 2. The summed E-state index contributed by atoms with van der Waals surface area (Å²) in [5, 5.41) is 2.31. The van der Waals surface area contributed by atoms with Gasteiger partial charge in [-0.3, -0.25) is 9.69 Å². The van der Waals surface area contributed by atoms with Gasteiger partial charge in [-0.2, -0.15) is 0 Å². The summed E-state index contributed by atoms with van der Waals surface area (Å²) in [5.74, 6) is 0.345. The first-order valence-corrected chi connectivity index (χ1v) is 7.13. The highest BCUT2D eigenvalue weighted by Crippen LogP contribution is 2.33. The Hall–Kier alpha value is -1.67. The molecule has 2 aliphatic heterocycles. The van der Waals surface area contributed by atoms with Crippen LogP contribution in [0.2, 0.25) is 0 Å². The van der Waals surface area contributed by atoms with Gasteiger partial charge in [-0.05, 0) is 35.7 Å². The van der Waals surface area contributed by atoms with Crippen LogP contribution in [0.3, 0.4) is 0 Å². The second kappa shape index (κ2) is 4.17. The fraction of sp³-hybridized carbons (Fsp3) is 0.353. The summed E-state index contributed by atoms with van der Waals surface area (Å²) >= 11 is 0. The van der Waals surface area contributed by atoms with Crippen molar-refractivity contribution in [2.24, 2.45) is 0 Å². The van der Waals surface area contributed by atoms with E-state index in [4.69, 9.17) is 0 Å². The van der Waals surface area contributed by atoms with Gasteiger partial charge in [-0.25, -0.2) is 0 Å². The third kappa shape index (κ3) is 1.63. The number of ketones is 1. The summed E-state index contributed by atoms with van der Waals surface area (Å²) in [5.41, 5.74) is 2.20. The van der Waals surface area contributed by atoms with Crippen molar-refractivity contribution in [1.82, 2.24) is 4.90 Å². The Morgan fingerprint density at radius 1 is 1.05 bits per heavy atom. The lowest BCUT2D eigenvalue weighted by Crippen LogP contribution is -2.47. The van der Waals surface area contributed by atoms with E-state index in [1.54, 1.807) is 0 Å². The van der Waals surface area contributed by atoms with E-state index in [-0.39, 0.29) is 6.04 Å². The SMILES string of the molecule is O=C1c2c(ccc3ccccc23)CN2CCCC[C@H]12. The van der Waals surface area contributed by atoms with Crippen LogP contribution in [0.1, 0.15) is 35.2 Å². The molecule has 4 rings (SSSR count). The molecule has 1 fully saturated rings. The van der Waals surface area contributed by atoms with Gasteiger partial charge in [-0.15, -0.1) is 0 Å². The zero-order valence-electron chi connectivity index (χ0n) is 10.9. The Morgan fingerprint density at radius 2 is 1.95 bits per heavy atom. The molecule has 0 unspecified atom stereocenters. The highest BCUT2D eigenvalue weighted by molar-refractivity contribution is 6.12. The fourth-order valence-electron chi connectivity index (χ4n) is 3.60. The molecule has 2 aromatic rings. The first kappa shape index (κ1) is 11.2. The predicted octanol–water partition coefficient (Wildman–Crippen LogP) is 3.39. The first-order chi connectivity index (χ1) is 9.34. The topological polar surface area (TPSA) is 20.3 Å². The quantitative estimate of drug-likeness (QED) is 0.715. The highest BCUT2D eigenvalue weighted by atomic mass is 16.1. The van der Waals surface area contributed by atoms with Gasteiger partial charge in [0.25, 0.3) is 0 Å². The van der Waals surface area contributed by atoms with Crippen LogP contribution in [-0.2, 0) is 6.54 Å². The zero-order valence-corrected chi connectivity index (χ0v) is 10.9. The van der Waals surface area contributed by atoms with Crippen molar-refractivity contribution in [3.05, 3.63) is 47.5 Å². The average Bonchev–Trinajstić information content (AvgIpc) is 2.47. The van der Waals surface area contributed by atoms with Crippen molar-refractivity contribution in [3.63, 3.8) is 0 Å². The van der Waals surface area contributed by atoms with Crippen LogP contribution in [-0.4, -0.2) is 23.3 Å². The van der Waals surface area contributed by atoms with Crippen LogP contribution in [0, 0.1) is 0 Å². The van der Waals surface area contributed by atoms with Crippen LogP contribution < -0.4 is 0 Å². The van der Waals surface area contributed by atoms with E-state index in [2.05, 4.69) is 29.2 Å². The summed E-state index contributed by atoms with van der Waals surface area (Å²) in [6.45, 7) is 2.01. The van der Waals surface area contributed by atoms with Gasteiger partial charge in [-0.1, -0.05) is 42.8 Å². The molecule has 0 amide bonds. The van der Waals surface area contributed by atoms with Crippen molar-refractivity contribution in [2.45, 2.75) is 31.8 Å². The molecule has 0 radical (unpaired) electrons. The molecule has 2 heteroatoms. The molecule has 1 atom stereocenters. The maximum absolute atomic E-state index is 12.8. The smallest absolute Gasteiger partial charge is 0.180 e. The Bertz CT molecular complexity index is 661. The number of Topliss-reactive ketones (excluding diaryl/α,β-unsaturated/α-hetero) is 1. The van der Waals surface area contributed by atoms with Gasteiger partial charge in [0, 0.05) is 12.1 Å². The third-order valence-electron chi connectivity index (χ3n) is 4.55. The molecule has 96 valence electrons. The average molecular weight is 251 g/mol. The lowest BCUT2D eigenvalue weighted by atomic mass is 9.84. The van der Waals surface area contributed by atoms with E-state index < -0.39 is 0 Å². The van der Waals surface area contributed by atoms with Crippen LogP contribution in [0.4, 0.5) is 0 Å². The predicted molar refractivity (Wildman–Crippen MR) is 76.3 cm³/mol. The summed E-state index contributed by atoms with van der Waals surface area (Å²) < 4.78 is 0. The van der Waals surface area contributed by atoms with Gasteiger partial charge >= 0.3 is 0 Å². The van der Waals surface area contributed by atoms with E-state index in [0.29, 0.717) is 5.78 Å². The summed E-state index contributed by atoms with van der Waals surface area (Å²) in [7, 11) is 0. The molecule has 0 aromatic heterocycles. The molecule has 1 saturated heterocycles. The minimum atomic E-state index is 0.132. The van der Waals surface area contributed by atoms with E-state index in [1.807, 2.05) is 12.1 Å². The van der Waals surface area contributed by atoms with Crippen molar-refractivity contribution < 1.29 is 4.79 Å². The van der Waals surface area contributed by atoms with Crippen LogP contribution in [0.15, 0.2) is 36.4 Å². The molecule has 0 saturated carbocycles.